The van der Waals surface area contributed by atoms with Crippen molar-refractivity contribution in [3.05, 3.63) is 0 Å². The van der Waals surface area contributed by atoms with Gasteiger partial charge in [0.15, 0.2) is 60.9 Å². The highest BCUT2D eigenvalue weighted by Crippen LogP contribution is 2.41. The van der Waals surface area contributed by atoms with Gasteiger partial charge in [-0.2, -0.15) is 0 Å². The topological polar surface area (TPSA) is 676 Å². The maximum atomic E-state index is 12.1. The number of carbonyl (C=O) groups is 1. The quantitative estimate of drug-likeness (QED) is 0.0344. The molecule has 6 aliphatic rings. The van der Waals surface area contributed by atoms with Gasteiger partial charge < -0.3 is 171 Å². The molecule has 0 radical (unpaired) electrons. The number of aliphatic hydroxyl groups excluding tert-OH is 13. The molecule has 0 unspecified atom stereocenters. The second-order valence-corrected chi connectivity index (χ2v) is 19.9. The molecular weight excluding hydrogens is 1080 g/mol. The van der Waals surface area contributed by atoms with Gasteiger partial charge in [0, 0.05) is 0 Å². The van der Waals surface area contributed by atoms with Gasteiger partial charge >= 0.3 is 0 Å². The third kappa shape index (κ3) is 13.5. The van der Waals surface area contributed by atoms with Gasteiger partial charge in [0.05, 0.1) is 44.1 Å². The molecule has 33 N–H and O–H groups in total. The first-order valence-electron chi connectivity index (χ1n) is 24.9. The van der Waals surface area contributed by atoms with E-state index in [2.05, 4.69) is 30.6 Å². The number of carbonyl (C=O) groups excluding carboxylic acids is 1. The average molecular weight is 1170 g/mol. The summed E-state index contributed by atoms with van der Waals surface area (Å²) in [5.41, 5.74) is 39.0. The number of hydrogen-bond donors (Lipinski definition) is 25. The van der Waals surface area contributed by atoms with E-state index in [9.17, 15) is 81.4 Å². The van der Waals surface area contributed by atoms with Gasteiger partial charge in [-0.1, -0.05) is 0 Å². The normalized spacial score (nSPS) is 47.5. The Labute approximate surface area is 455 Å². The predicted molar refractivity (Wildman–Crippen MR) is 267 cm³/mol. The lowest BCUT2D eigenvalue weighted by Gasteiger charge is -2.45. The van der Waals surface area contributed by atoms with Crippen molar-refractivity contribution in [3.8, 4) is 0 Å². The van der Waals surface area contributed by atoms with Crippen molar-refractivity contribution in [3.63, 3.8) is 0 Å². The van der Waals surface area contributed by atoms with E-state index in [0.717, 1.165) is 0 Å². The first-order chi connectivity index (χ1) is 37.4. The van der Waals surface area contributed by atoms with Gasteiger partial charge in [0.25, 0.3) is 0 Å². The summed E-state index contributed by atoms with van der Waals surface area (Å²) in [6.07, 6.45) is -34.3. The zero-order valence-corrected chi connectivity index (χ0v) is 43.7. The van der Waals surface area contributed by atoms with Crippen LogP contribution in [0.2, 0.25) is 0 Å². The van der Waals surface area contributed by atoms with Gasteiger partial charge in [0.2, 0.25) is 0 Å². The molecule has 462 valence electrons. The Kier molecular flexibility index (Phi) is 22.8. The SMILES string of the molecule is CN[C@@H]1[C@H](O[C@H]2[C@H](O[C@H]3[C@H](O)[C@@H](O)[C@H](N=C(N)N)[C@@H](O)[C@@H]3N=C(N)N)O[C@@H](C)[C@]2(O)C=O)O[C@@H](CO)[C@H](O)[C@H]1O.CN[C@@H]1[C@H](O[C@H]2[C@H](O[C@H]3[C@H](O)[C@@H](O)[C@H](N=C(N)N)[C@@H](O)[C@@H]3N=C(N)N)O[C@@H](C)[C@]2(O)CO)O[C@@H](CO)[C@H](O)[C@H]1O. The minimum absolute atomic E-state index is 0.140. The second kappa shape index (κ2) is 27.4. The van der Waals surface area contributed by atoms with E-state index < -0.39 is 226 Å². The first kappa shape index (κ1) is 66.5. The van der Waals surface area contributed by atoms with Crippen LogP contribution in [-0.2, 0) is 42.7 Å². The number of aliphatic imine (C=N–C) groups is 4. The summed E-state index contributed by atoms with van der Waals surface area (Å²) >= 11 is 0. The Morgan fingerprint density at radius 3 is 1.16 bits per heavy atom. The number of hydrogen-bond acceptors (Lipinski definition) is 30. The molecule has 4 heterocycles. The smallest absolute Gasteiger partial charge is 0.188 e. The molecule has 30 atom stereocenters. The Bertz CT molecular complexity index is 2140. The number of ether oxygens (including phenoxy) is 8. The molecule has 0 bridgehead atoms. The molecule has 2 aliphatic carbocycles. The van der Waals surface area contributed by atoms with Crippen LogP contribution in [0.1, 0.15) is 13.8 Å². The van der Waals surface area contributed by atoms with Crippen molar-refractivity contribution in [2.24, 2.45) is 65.8 Å². The lowest BCUT2D eigenvalue weighted by Crippen LogP contribution is -2.66. The lowest BCUT2D eigenvalue weighted by molar-refractivity contribution is -0.317. The van der Waals surface area contributed by atoms with Crippen LogP contribution in [-0.4, -0.2) is 323 Å². The van der Waals surface area contributed by atoms with Crippen molar-refractivity contribution >= 4 is 30.1 Å². The van der Waals surface area contributed by atoms with Crippen LogP contribution in [0, 0.1) is 0 Å². The summed E-state index contributed by atoms with van der Waals surface area (Å²) in [5.74, 6) is -2.04. The Balaban J connectivity index is 0.000000294. The van der Waals surface area contributed by atoms with Crippen molar-refractivity contribution in [1.82, 2.24) is 10.6 Å². The molecule has 0 aromatic rings. The molecule has 2 saturated carbocycles. The molecule has 6 rings (SSSR count). The molecule has 6 fully saturated rings. The van der Waals surface area contributed by atoms with Crippen LogP contribution in [0.5, 0.6) is 0 Å². The Hall–Kier alpha value is -4.25. The number of aliphatic hydroxyl groups is 15. The lowest BCUT2D eigenvalue weighted by atomic mass is 9.81. The van der Waals surface area contributed by atoms with Crippen molar-refractivity contribution < 1.29 is 119 Å². The van der Waals surface area contributed by atoms with Crippen molar-refractivity contribution in [2.75, 3.05) is 33.9 Å². The zero-order valence-electron chi connectivity index (χ0n) is 43.7. The molecule has 38 heteroatoms. The maximum Gasteiger partial charge on any atom is 0.188 e. The fourth-order valence-corrected chi connectivity index (χ4v) is 10.3. The van der Waals surface area contributed by atoms with E-state index in [-0.39, 0.29) is 6.29 Å². The summed E-state index contributed by atoms with van der Waals surface area (Å²) in [6, 6.07) is -8.09. The van der Waals surface area contributed by atoms with Crippen LogP contribution in [0.4, 0.5) is 0 Å². The van der Waals surface area contributed by atoms with Gasteiger partial charge in [0.1, 0.15) is 127 Å². The number of likely N-dealkylation sites (N-methyl/N-ethyl adjacent to an activating group) is 2. The highest BCUT2D eigenvalue weighted by atomic mass is 16.8. The highest BCUT2D eigenvalue weighted by molar-refractivity contribution is 5.77. The third-order valence-electron chi connectivity index (χ3n) is 14.8. The minimum Gasteiger partial charge on any atom is -0.394 e. The van der Waals surface area contributed by atoms with Crippen molar-refractivity contribution in [1.29, 1.82) is 0 Å². The average Bonchev–Trinajstić information content (AvgIpc) is 3.83. The van der Waals surface area contributed by atoms with Gasteiger partial charge in [-0.25, -0.2) is 20.0 Å². The van der Waals surface area contributed by atoms with Crippen LogP contribution in [0.25, 0.3) is 0 Å². The van der Waals surface area contributed by atoms with E-state index in [1.807, 2.05) is 0 Å². The number of rotatable bonds is 18. The fraction of sp³-hybridized carbons (Fsp3) is 0.881. The molecule has 38 nitrogen and oxygen atoms in total. The predicted octanol–water partition coefficient (Wildman–Crippen LogP) is -16.5. The summed E-state index contributed by atoms with van der Waals surface area (Å²) < 4.78 is 46.1. The monoisotopic (exact) mass is 1160 g/mol. The molecule has 0 spiro atoms. The molecule has 0 aromatic carbocycles. The van der Waals surface area contributed by atoms with E-state index >= 15 is 0 Å². The summed E-state index contributed by atoms with van der Waals surface area (Å²) in [6.45, 7) is 0.421. The van der Waals surface area contributed by atoms with E-state index in [4.69, 9.17) is 83.8 Å². The number of nitrogens with zero attached hydrogens (tertiary/aromatic N) is 4. The van der Waals surface area contributed by atoms with Gasteiger partial charge in [-0.15, -0.1) is 0 Å². The van der Waals surface area contributed by atoms with E-state index in [0.29, 0.717) is 0 Å². The second-order valence-electron chi connectivity index (χ2n) is 19.9. The van der Waals surface area contributed by atoms with Gasteiger partial charge in [-0.05, 0) is 27.9 Å². The van der Waals surface area contributed by atoms with E-state index in [1.165, 1.54) is 27.9 Å². The molecular formula is C42H80N14O24. The number of nitrogens with two attached hydrogens (primary N) is 8. The molecule has 0 aromatic heterocycles. The number of guanidine groups is 4. The van der Waals surface area contributed by atoms with Crippen molar-refractivity contribution in [2.45, 2.75) is 196 Å². The molecule has 0 amide bonds. The molecule has 80 heavy (non-hydrogen) atoms. The standard InChI is InChI=1S/C21H41N7O12.C21H39N7O12/c2*1-5-21(36,4-30)16(40-17-9(26-2)13(34)10(31)6(3-29)38-17)18(37-5)39-15-8(28-20(24)25)11(32)7(27-19(22)23)12(33)14(15)35/h5-18,26,29-36H,3-4H2,1-2H3,(H4,22,23,27)(H4,24,25,28);4-18,26,29,31-36H,3H2,1-2H3,(H4,22,23,27)(H4,24,25,28)/t2*5-,6-,7+,8-,9-,10-,11+,12-,13-,14+,15+,16-,17-,18-,21+/m00/s1. The van der Waals surface area contributed by atoms with E-state index in [1.54, 1.807) is 0 Å². The largest absolute Gasteiger partial charge is 0.394 e. The highest BCUT2D eigenvalue weighted by Gasteiger charge is 2.63. The third-order valence-corrected chi connectivity index (χ3v) is 14.8. The fourth-order valence-electron chi connectivity index (χ4n) is 10.3. The minimum atomic E-state index is -2.38. The summed E-state index contributed by atoms with van der Waals surface area (Å²) in [4.78, 5) is 27.3. The summed E-state index contributed by atoms with van der Waals surface area (Å²) in [5, 5.41) is 164. The molecule has 4 saturated heterocycles. The zero-order chi connectivity index (χ0) is 60.2. The Morgan fingerprint density at radius 2 is 0.825 bits per heavy atom. The van der Waals surface area contributed by atoms with Crippen LogP contribution < -0.4 is 56.5 Å². The van der Waals surface area contributed by atoms with Gasteiger partial charge in [-0.3, -0.25) is 4.79 Å². The molecule has 4 aliphatic heterocycles. The number of aldehydes is 1. The maximum absolute atomic E-state index is 12.1. The van der Waals surface area contributed by atoms with Crippen LogP contribution >= 0.6 is 0 Å². The van der Waals surface area contributed by atoms with Crippen LogP contribution in [0.3, 0.4) is 0 Å². The van der Waals surface area contributed by atoms with Crippen LogP contribution in [0.15, 0.2) is 20.0 Å². The number of nitrogens with one attached hydrogen (secondary N) is 2. The Morgan fingerprint density at radius 1 is 0.475 bits per heavy atom. The summed E-state index contributed by atoms with van der Waals surface area (Å²) in [7, 11) is 2.86. The first-order valence-corrected chi connectivity index (χ1v) is 24.9.